The molecule has 0 spiro atoms. The van der Waals surface area contributed by atoms with Crippen LogP contribution in [0.5, 0.6) is 0 Å². The zero-order valence-electron chi connectivity index (χ0n) is 9.72. The van der Waals surface area contributed by atoms with Gasteiger partial charge in [-0.25, -0.2) is 9.78 Å². The van der Waals surface area contributed by atoms with E-state index in [-0.39, 0.29) is 0 Å². The second-order valence-electron chi connectivity index (χ2n) is 4.12. The highest BCUT2D eigenvalue weighted by Gasteiger charge is 2.60. The average molecular weight is 319 g/mol. The summed E-state index contributed by atoms with van der Waals surface area (Å²) in [6.07, 6.45) is 0.397. The number of rotatable bonds is 1. The molecule has 0 saturated carbocycles. The molecule has 1 saturated heterocycles. The van der Waals surface area contributed by atoms with Crippen LogP contribution in [-0.2, 0) is 14.3 Å². The van der Waals surface area contributed by atoms with Gasteiger partial charge in [-0.1, -0.05) is 30.3 Å². The van der Waals surface area contributed by atoms with Crippen LogP contribution < -0.4 is 4.90 Å². The maximum absolute atomic E-state index is 12.0. The molecule has 3 heterocycles. The first kappa shape index (κ1) is 13.0. The number of carbonyl (C=O) groups is 2. The van der Waals surface area contributed by atoms with Gasteiger partial charge in [-0.3, -0.25) is 9.69 Å². The van der Waals surface area contributed by atoms with Crippen LogP contribution in [-0.4, -0.2) is 27.3 Å². The topological polar surface area (TPSA) is 59.5 Å². The number of ether oxygens (including phenoxy) is 1. The third-order valence-electron chi connectivity index (χ3n) is 3.15. The van der Waals surface area contributed by atoms with Crippen molar-refractivity contribution in [3.05, 3.63) is 17.3 Å². The molecule has 3 rings (SSSR count). The van der Waals surface area contributed by atoms with E-state index in [0.717, 1.165) is 0 Å². The van der Waals surface area contributed by atoms with Gasteiger partial charge in [-0.15, -0.1) is 11.6 Å². The quantitative estimate of drug-likeness (QED) is 0.344. The number of fused-ring (bicyclic) bond motifs is 3. The molecule has 19 heavy (non-hydrogen) atoms. The van der Waals surface area contributed by atoms with Crippen LogP contribution in [0.1, 0.15) is 13.3 Å². The number of hydrogen-bond donors (Lipinski definition) is 0. The average Bonchev–Trinajstić information content (AvgIpc) is 2.64. The lowest BCUT2D eigenvalue weighted by Gasteiger charge is -2.41. The Labute approximate surface area is 123 Å². The maximum atomic E-state index is 12.0. The maximum Gasteiger partial charge on any atom is 0.399 e. The number of anilines is 1. The van der Waals surface area contributed by atoms with Gasteiger partial charge in [0.1, 0.15) is 14.9 Å². The normalized spacial score (nSPS) is 29.0. The number of alkyl halides is 1. The minimum Gasteiger partial charge on any atom is -0.429 e. The van der Waals surface area contributed by atoms with E-state index < -0.39 is 22.3 Å². The van der Waals surface area contributed by atoms with E-state index in [1.807, 2.05) is 6.92 Å². The molecule has 5 nitrogen and oxygen atoms in total. The van der Waals surface area contributed by atoms with Gasteiger partial charge < -0.3 is 4.74 Å². The fourth-order valence-corrected chi connectivity index (χ4v) is 4.10. The molecule has 2 aliphatic rings. The SMILES string of the molecule is CC[C@]12OC(=O)C(=O)N1c1ccc(Cl)nc1S[C@@H]2Cl. The van der Waals surface area contributed by atoms with E-state index in [2.05, 4.69) is 4.98 Å². The Morgan fingerprint density at radius 1 is 1.53 bits per heavy atom. The Kier molecular flexibility index (Phi) is 2.92. The fourth-order valence-electron chi connectivity index (χ4n) is 2.22. The summed E-state index contributed by atoms with van der Waals surface area (Å²) in [6, 6.07) is 3.21. The molecule has 1 fully saturated rings. The molecule has 0 aliphatic carbocycles. The fraction of sp³-hybridized carbons (Fsp3) is 0.364. The van der Waals surface area contributed by atoms with Crippen LogP contribution in [0.2, 0.25) is 5.15 Å². The summed E-state index contributed by atoms with van der Waals surface area (Å²) < 4.78 is 4.60. The lowest BCUT2D eigenvalue weighted by atomic mass is 10.1. The molecule has 100 valence electrons. The second-order valence-corrected chi connectivity index (χ2v) is 6.30. The Hall–Kier alpha value is -0.980. The Bertz CT molecular complexity index is 597. The van der Waals surface area contributed by atoms with Crippen molar-refractivity contribution in [2.45, 2.75) is 28.8 Å². The predicted molar refractivity (Wildman–Crippen MR) is 71.3 cm³/mol. The monoisotopic (exact) mass is 318 g/mol. The van der Waals surface area contributed by atoms with Gasteiger partial charge >= 0.3 is 11.9 Å². The van der Waals surface area contributed by atoms with Gasteiger partial charge in [-0.05, 0) is 12.1 Å². The Morgan fingerprint density at radius 3 is 2.95 bits per heavy atom. The number of carbonyl (C=O) groups excluding carboxylic acids is 2. The summed E-state index contributed by atoms with van der Waals surface area (Å²) in [5.74, 6) is -1.62. The molecule has 1 aromatic rings. The van der Waals surface area contributed by atoms with E-state index in [1.54, 1.807) is 12.1 Å². The van der Waals surface area contributed by atoms with Gasteiger partial charge in [0, 0.05) is 6.42 Å². The highest BCUT2D eigenvalue weighted by molar-refractivity contribution is 8.01. The van der Waals surface area contributed by atoms with E-state index in [1.165, 1.54) is 16.7 Å². The molecule has 1 aromatic heterocycles. The number of pyridine rings is 1. The van der Waals surface area contributed by atoms with Gasteiger partial charge in [0.25, 0.3) is 0 Å². The van der Waals surface area contributed by atoms with Crippen molar-refractivity contribution in [3.63, 3.8) is 0 Å². The van der Waals surface area contributed by atoms with Crippen LogP contribution in [0.4, 0.5) is 5.69 Å². The van der Waals surface area contributed by atoms with E-state index in [9.17, 15) is 9.59 Å². The van der Waals surface area contributed by atoms with Crippen molar-refractivity contribution in [2.24, 2.45) is 0 Å². The number of halogens is 2. The standard InChI is InChI=1S/C11H8Cl2N2O3S/c1-2-11-10(13)19-7-5(3-4-6(12)14-7)15(11)8(16)9(17)18-11/h3-4,10H,2H2,1H3/t10-,11+/m0/s1. The summed E-state index contributed by atoms with van der Waals surface area (Å²) in [4.78, 5) is 29.0. The van der Waals surface area contributed by atoms with Gasteiger partial charge in [0.05, 0.1) is 5.69 Å². The van der Waals surface area contributed by atoms with E-state index in [0.29, 0.717) is 22.3 Å². The molecular weight excluding hydrogens is 311 g/mol. The van der Waals surface area contributed by atoms with Crippen molar-refractivity contribution in [2.75, 3.05) is 4.90 Å². The summed E-state index contributed by atoms with van der Waals surface area (Å²) >= 11 is 13.4. The van der Waals surface area contributed by atoms with Crippen LogP contribution in [0.3, 0.4) is 0 Å². The van der Waals surface area contributed by atoms with Crippen molar-refractivity contribution in [3.8, 4) is 0 Å². The van der Waals surface area contributed by atoms with Gasteiger partial charge in [0.15, 0.2) is 0 Å². The third-order valence-corrected chi connectivity index (χ3v) is 5.07. The zero-order chi connectivity index (χ0) is 13.8. The highest BCUT2D eigenvalue weighted by Crippen LogP contribution is 2.51. The summed E-state index contributed by atoms with van der Waals surface area (Å²) in [5.41, 5.74) is -0.646. The number of aromatic nitrogens is 1. The molecule has 2 aliphatic heterocycles. The molecule has 2 atom stereocenters. The van der Waals surface area contributed by atoms with Gasteiger partial charge in [0.2, 0.25) is 5.72 Å². The molecule has 0 aromatic carbocycles. The Balaban J connectivity index is 2.22. The summed E-state index contributed by atoms with van der Waals surface area (Å²) in [5, 5.41) is 0.821. The lowest BCUT2D eigenvalue weighted by Crippen LogP contribution is -2.54. The van der Waals surface area contributed by atoms with Crippen molar-refractivity contribution >= 4 is 52.5 Å². The first-order valence-electron chi connectivity index (χ1n) is 5.54. The lowest BCUT2D eigenvalue weighted by molar-refractivity contribution is -0.152. The molecular formula is C11H8Cl2N2O3S. The molecule has 1 amide bonds. The van der Waals surface area contributed by atoms with Crippen LogP contribution in [0.15, 0.2) is 17.2 Å². The smallest absolute Gasteiger partial charge is 0.399 e. The molecule has 0 N–H and O–H groups in total. The minimum atomic E-state index is -1.15. The third kappa shape index (κ3) is 1.67. The number of hydrogen-bond acceptors (Lipinski definition) is 5. The minimum absolute atomic E-state index is 0.304. The first-order valence-corrected chi connectivity index (χ1v) is 7.24. The van der Waals surface area contributed by atoms with E-state index in [4.69, 9.17) is 27.9 Å². The first-order chi connectivity index (χ1) is 8.99. The Morgan fingerprint density at radius 2 is 2.26 bits per heavy atom. The second kappa shape index (κ2) is 4.26. The van der Waals surface area contributed by atoms with E-state index >= 15 is 0 Å². The summed E-state index contributed by atoms with van der Waals surface area (Å²) in [6.45, 7) is 1.81. The van der Waals surface area contributed by atoms with Crippen LogP contribution in [0, 0.1) is 0 Å². The zero-order valence-corrected chi connectivity index (χ0v) is 12.1. The summed E-state index contributed by atoms with van der Waals surface area (Å²) in [7, 11) is 0. The number of thioether (sulfide) groups is 1. The van der Waals surface area contributed by atoms with Crippen molar-refractivity contribution < 1.29 is 14.3 Å². The van der Waals surface area contributed by atoms with Crippen molar-refractivity contribution in [1.82, 2.24) is 4.98 Å². The number of amides is 1. The predicted octanol–water partition coefficient (Wildman–Crippen LogP) is 2.40. The van der Waals surface area contributed by atoms with Gasteiger partial charge in [-0.2, -0.15) is 0 Å². The van der Waals surface area contributed by atoms with Crippen LogP contribution >= 0.6 is 35.0 Å². The number of nitrogens with zero attached hydrogens (tertiary/aromatic N) is 2. The molecule has 8 heteroatoms. The molecule has 0 bridgehead atoms. The number of esters is 1. The van der Waals surface area contributed by atoms with Crippen LogP contribution in [0.25, 0.3) is 0 Å². The largest absolute Gasteiger partial charge is 0.429 e. The molecule has 0 radical (unpaired) electrons. The van der Waals surface area contributed by atoms with Crippen molar-refractivity contribution in [1.29, 1.82) is 0 Å². The highest BCUT2D eigenvalue weighted by atomic mass is 35.5. The molecule has 0 unspecified atom stereocenters.